The van der Waals surface area contributed by atoms with Gasteiger partial charge in [-0.2, -0.15) is 0 Å². The molecule has 2 rings (SSSR count). The van der Waals surface area contributed by atoms with E-state index in [4.69, 9.17) is 10.2 Å². The zero-order chi connectivity index (χ0) is 15.4. The van der Waals surface area contributed by atoms with Gasteiger partial charge in [-0.15, -0.1) is 0 Å². The van der Waals surface area contributed by atoms with Gasteiger partial charge in [-0.3, -0.25) is 0 Å². The number of carboxylic acids is 2. The second kappa shape index (κ2) is 6.29. The topological polar surface area (TPSA) is 91.7 Å². The van der Waals surface area contributed by atoms with E-state index in [-0.39, 0.29) is 11.1 Å². The Kier molecular flexibility index (Phi) is 4.45. The Labute approximate surface area is 122 Å². The fraction of sp³-hybridized carbons (Fsp3) is 0.0667. The van der Waals surface area contributed by atoms with E-state index in [1.54, 1.807) is 24.3 Å². The number of benzene rings is 2. The standard InChI is InChI=1S/C15H11O5P/c16-14(17)11-5-1-9(2-6-11)13(21-20)10-3-7-12(8-4-10)15(18)19/h1-8,13H,(H,16,17)(H,18,19)/p+1. The minimum atomic E-state index is -1.02. The molecule has 0 fully saturated rings. The highest BCUT2D eigenvalue weighted by atomic mass is 31.1. The number of hydrogen-bond donors (Lipinski definition) is 2. The van der Waals surface area contributed by atoms with E-state index >= 15 is 0 Å². The van der Waals surface area contributed by atoms with Gasteiger partial charge in [0.2, 0.25) is 5.66 Å². The van der Waals surface area contributed by atoms with Gasteiger partial charge in [-0.25, -0.2) is 9.59 Å². The molecular formula is C15H12O5P+. The molecule has 0 aliphatic heterocycles. The van der Waals surface area contributed by atoms with E-state index in [1.807, 2.05) is 0 Å². The monoisotopic (exact) mass is 303 g/mol. The van der Waals surface area contributed by atoms with Gasteiger partial charge in [0.25, 0.3) is 0 Å². The summed E-state index contributed by atoms with van der Waals surface area (Å²) in [6, 6.07) is 12.3. The molecule has 21 heavy (non-hydrogen) atoms. The number of hydrogen-bond acceptors (Lipinski definition) is 3. The van der Waals surface area contributed by atoms with Crippen LogP contribution >= 0.6 is 8.46 Å². The van der Waals surface area contributed by atoms with E-state index in [9.17, 15) is 14.2 Å². The Hall–Kier alpha value is -2.52. The summed E-state index contributed by atoms with van der Waals surface area (Å²) in [7, 11) is -0.658. The van der Waals surface area contributed by atoms with Crippen molar-refractivity contribution in [2.45, 2.75) is 5.66 Å². The maximum Gasteiger partial charge on any atom is 0.337 e. The van der Waals surface area contributed by atoms with Crippen molar-refractivity contribution in [3.05, 3.63) is 70.8 Å². The quantitative estimate of drug-likeness (QED) is 0.828. The summed E-state index contributed by atoms with van der Waals surface area (Å²) < 4.78 is 11.5. The lowest BCUT2D eigenvalue weighted by atomic mass is 10.0. The van der Waals surface area contributed by atoms with Gasteiger partial charge in [-0.1, -0.05) is 28.8 Å². The van der Waals surface area contributed by atoms with E-state index in [2.05, 4.69) is 0 Å². The highest BCUT2D eigenvalue weighted by molar-refractivity contribution is 7.24. The predicted molar refractivity (Wildman–Crippen MR) is 77.6 cm³/mol. The smallest absolute Gasteiger partial charge is 0.337 e. The number of aromatic carboxylic acids is 2. The molecule has 1 unspecified atom stereocenters. The maximum atomic E-state index is 11.5. The number of carboxylic acid groups (broad SMARTS) is 2. The van der Waals surface area contributed by atoms with Crippen LogP contribution in [0.1, 0.15) is 37.5 Å². The molecule has 5 nitrogen and oxygen atoms in total. The Morgan fingerprint density at radius 1 is 0.762 bits per heavy atom. The molecule has 1 atom stereocenters. The van der Waals surface area contributed by atoms with Crippen LogP contribution < -0.4 is 0 Å². The van der Waals surface area contributed by atoms with Crippen molar-refractivity contribution in [2.24, 2.45) is 0 Å². The molecule has 6 heteroatoms. The third-order valence-corrected chi connectivity index (χ3v) is 4.00. The van der Waals surface area contributed by atoms with Gasteiger partial charge in [0.1, 0.15) is 0 Å². The Balaban J connectivity index is 2.32. The normalized spacial score (nSPS) is 10.7. The van der Waals surface area contributed by atoms with Crippen molar-refractivity contribution < 1.29 is 24.4 Å². The van der Waals surface area contributed by atoms with Crippen molar-refractivity contribution in [3.8, 4) is 0 Å². The minimum Gasteiger partial charge on any atom is -0.478 e. The summed E-state index contributed by atoms with van der Waals surface area (Å²) in [5, 5.41) is 17.7. The fourth-order valence-corrected chi connectivity index (χ4v) is 2.62. The Morgan fingerprint density at radius 2 is 1.10 bits per heavy atom. The summed E-state index contributed by atoms with van der Waals surface area (Å²) in [5.74, 6) is -2.04. The zero-order valence-corrected chi connectivity index (χ0v) is 11.8. The Morgan fingerprint density at radius 3 is 1.33 bits per heavy atom. The molecule has 0 saturated carbocycles. The molecule has 2 aromatic carbocycles. The van der Waals surface area contributed by atoms with Crippen molar-refractivity contribution in [3.63, 3.8) is 0 Å². The van der Waals surface area contributed by atoms with Crippen molar-refractivity contribution in [2.75, 3.05) is 0 Å². The molecule has 0 amide bonds. The summed E-state index contributed by atoms with van der Waals surface area (Å²) in [6.45, 7) is 0. The third-order valence-electron chi connectivity index (χ3n) is 3.10. The molecule has 2 N–H and O–H groups in total. The molecule has 0 radical (unpaired) electrons. The Bertz CT molecular complexity index is 619. The first-order valence-corrected chi connectivity index (χ1v) is 7.05. The molecule has 0 spiro atoms. The van der Waals surface area contributed by atoms with Gasteiger partial charge in [0.05, 0.1) is 11.1 Å². The lowest BCUT2D eigenvalue weighted by Gasteiger charge is -2.06. The van der Waals surface area contributed by atoms with E-state index < -0.39 is 26.1 Å². The van der Waals surface area contributed by atoms with Crippen LogP contribution in [0.3, 0.4) is 0 Å². The molecule has 0 aromatic heterocycles. The van der Waals surface area contributed by atoms with E-state index in [0.29, 0.717) is 0 Å². The summed E-state index contributed by atoms with van der Waals surface area (Å²) in [6.07, 6.45) is 0. The van der Waals surface area contributed by atoms with Gasteiger partial charge >= 0.3 is 20.4 Å². The molecule has 0 aliphatic rings. The van der Waals surface area contributed by atoms with Crippen LogP contribution in [0, 0.1) is 0 Å². The molecule has 2 aromatic rings. The second-order valence-electron chi connectivity index (χ2n) is 4.41. The van der Waals surface area contributed by atoms with Crippen LogP contribution in [0.15, 0.2) is 48.5 Å². The second-order valence-corrected chi connectivity index (χ2v) is 5.22. The van der Waals surface area contributed by atoms with E-state index in [1.165, 1.54) is 24.3 Å². The van der Waals surface area contributed by atoms with E-state index in [0.717, 1.165) is 11.1 Å². The molecule has 0 bridgehead atoms. The highest BCUT2D eigenvalue weighted by Crippen LogP contribution is 2.34. The van der Waals surface area contributed by atoms with Crippen LogP contribution in [0.4, 0.5) is 0 Å². The lowest BCUT2D eigenvalue weighted by Crippen LogP contribution is -2.00. The molecule has 0 heterocycles. The third kappa shape index (κ3) is 3.33. The van der Waals surface area contributed by atoms with Crippen LogP contribution in [0.2, 0.25) is 0 Å². The first kappa shape index (κ1) is 14.9. The largest absolute Gasteiger partial charge is 0.478 e. The van der Waals surface area contributed by atoms with Gasteiger partial charge in [0.15, 0.2) is 0 Å². The highest BCUT2D eigenvalue weighted by Gasteiger charge is 2.22. The maximum absolute atomic E-state index is 11.5. The first-order chi connectivity index (χ1) is 10.0. The van der Waals surface area contributed by atoms with Crippen molar-refractivity contribution in [1.29, 1.82) is 0 Å². The average Bonchev–Trinajstić information content (AvgIpc) is 2.49. The van der Waals surface area contributed by atoms with Crippen LogP contribution in [-0.4, -0.2) is 22.2 Å². The van der Waals surface area contributed by atoms with Crippen LogP contribution in [0.5, 0.6) is 0 Å². The molecule has 106 valence electrons. The SMILES string of the molecule is O=[PH+]C(c1ccc(C(=O)O)cc1)c1ccc(C(=O)O)cc1. The molecule has 0 saturated heterocycles. The van der Waals surface area contributed by atoms with Crippen LogP contribution in [-0.2, 0) is 4.57 Å². The first-order valence-electron chi connectivity index (χ1n) is 6.07. The fourth-order valence-electron chi connectivity index (χ4n) is 1.96. The van der Waals surface area contributed by atoms with Gasteiger partial charge < -0.3 is 10.2 Å². The molecular weight excluding hydrogens is 291 g/mol. The lowest BCUT2D eigenvalue weighted by molar-refractivity contribution is 0.0686. The minimum absolute atomic E-state index is 0.160. The number of carbonyl (C=O) groups is 2. The van der Waals surface area contributed by atoms with Crippen LogP contribution in [0.25, 0.3) is 0 Å². The molecule has 0 aliphatic carbocycles. The summed E-state index contributed by atoms with van der Waals surface area (Å²) in [5.41, 5.74) is 1.35. The van der Waals surface area contributed by atoms with Gasteiger partial charge in [-0.05, 0) is 24.3 Å². The summed E-state index contributed by atoms with van der Waals surface area (Å²) >= 11 is 0. The zero-order valence-electron chi connectivity index (χ0n) is 10.8. The number of rotatable bonds is 5. The van der Waals surface area contributed by atoms with Crippen molar-refractivity contribution in [1.82, 2.24) is 0 Å². The van der Waals surface area contributed by atoms with Crippen molar-refractivity contribution >= 4 is 20.4 Å². The average molecular weight is 303 g/mol. The van der Waals surface area contributed by atoms with Gasteiger partial charge in [0, 0.05) is 11.1 Å². The summed E-state index contributed by atoms with van der Waals surface area (Å²) in [4.78, 5) is 21.6. The predicted octanol–water partition coefficient (Wildman–Crippen LogP) is 3.20.